The van der Waals surface area contributed by atoms with Crippen LogP contribution in [0.4, 0.5) is 4.79 Å². The van der Waals surface area contributed by atoms with Crippen molar-refractivity contribution in [3.8, 4) is 0 Å². The van der Waals surface area contributed by atoms with Crippen molar-refractivity contribution in [2.75, 3.05) is 13.1 Å². The smallest absolute Gasteiger partial charge is 0.410 e. The molecule has 2 rings (SSSR count). The van der Waals surface area contributed by atoms with Gasteiger partial charge in [-0.25, -0.2) is 4.79 Å². The predicted molar refractivity (Wildman–Crippen MR) is 90.3 cm³/mol. The van der Waals surface area contributed by atoms with Crippen LogP contribution in [0.5, 0.6) is 0 Å². The molecule has 0 aromatic heterocycles. The zero-order valence-corrected chi connectivity index (χ0v) is 15.4. The molecule has 1 fully saturated rings. The first-order chi connectivity index (χ1) is 11.1. The molecule has 1 unspecified atom stereocenters. The maximum absolute atomic E-state index is 12.4. The molecule has 1 aliphatic heterocycles. The van der Waals surface area contributed by atoms with Gasteiger partial charge in [0.2, 0.25) is 0 Å². The lowest BCUT2D eigenvalue weighted by Crippen LogP contribution is -2.45. The van der Waals surface area contributed by atoms with E-state index in [0.717, 1.165) is 5.56 Å². The van der Waals surface area contributed by atoms with E-state index in [1.165, 1.54) is 17.0 Å². The highest BCUT2D eigenvalue weighted by Crippen LogP contribution is 2.22. The first-order valence-corrected chi connectivity index (χ1v) is 9.45. The molecular formula is C17H25NO5S. The van der Waals surface area contributed by atoms with Gasteiger partial charge in [0.25, 0.3) is 10.1 Å². The van der Waals surface area contributed by atoms with E-state index in [-0.39, 0.29) is 11.4 Å². The molecule has 134 valence electrons. The quantitative estimate of drug-likeness (QED) is 0.779. The number of rotatable bonds is 3. The molecule has 1 atom stereocenters. The summed E-state index contributed by atoms with van der Waals surface area (Å²) in [5.74, 6) is 0. The molecule has 7 heteroatoms. The monoisotopic (exact) mass is 355 g/mol. The number of benzene rings is 1. The molecule has 1 heterocycles. The Morgan fingerprint density at radius 2 is 1.83 bits per heavy atom. The van der Waals surface area contributed by atoms with Gasteiger partial charge in [0.1, 0.15) is 5.60 Å². The Kier molecular flexibility index (Phi) is 5.55. The number of likely N-dealkylation sites (tertiary alicyclic amines) is 1. The van der Waals surface area contributed by atoms with Gasteiger partial charge in [-0.15, -0.1) is 0 Å². The van der Waals surface area contributed by atoms with Gasteiger partial charge in [-0.3, -0.25) is 4.18 Å². The Morgan fingerprint density at radius 1 is 1.21 bits per heavy atom. The number of amides is 1. The standard InChI is InChI=1S/C17H25NO5S/c1-13-7-9-15(10-8-13)24(20,21)23-14-6-5-11-18(12-14)16(19)22-17(2,3)4/h7-10,14H,5-6,11-12H2,1-4H3. The number of carbonyl (C=O) groups excluding carboxylic acids is 1. The summed E-state index contributed by atoms with van der Waals surface area (Å²) in [4.78, 5) is 13.8. The number of carbonyl (C=O) groups is 1. The van der Waals surface area contributed by atoms with Gasteiger partial charge < -0.3 is 9.64 Å². The van der Waals surface area contributed by atoms with E-state index in [0.29, 0.717) is 19.4 Å². The van der Waals surface area contributed by atoms with E-state index < -0.39 is 27.9 Å². The molecule has 6 nitrogen and oxygen atoms in total. The maximum atomic E-state index is 12.4. The number of hydrogen-bond acceptors (Lipinski definition) is 5. The van der Waals surface area contributed by atoms with Crippen LogP contribution in [0.3, 0.4) is 0 Å². The van der Waals surface area contributed by atoms with Gasteiger partial charge in [-0.2, -0.15) is 8.42 Å². The molecule has 1 aliphatic rings. The normalized spacial score (nSPS) is 19.2. The molecule has 1 saturated heterocycles. The SMILES string of the molecule is Cc1ccc(S(=O)(=O)OC2CCCN(C(=O)OC(C)(C)C)C2)cc1. The van der Waals surface area contributed by atoms with Crippen molar-refractivity contribution in [2.24, 2.45) is 0 Å². The van der Waals surface area contributed by atoms with Crippen molar-refractivity contribution in [1.82, 2.24) is 4.90 Å². The zero-order chi connectivity index (χ0) is 18.0. The van der Waals surface area contributed by atoms with Crippen LogP contribution in [0.25, 0.3) is 0 Å². The highest BCUT2D eigenvalue weighted by molar-refractivity contribution is 7.86. The van der Waals surface area contributed by atoms with E-state index in [1.807, 2.05) is 6.92 Å². The third-order valence-corrected chi connectivity index (χ3v) is 4.98. The second kappa shape index (κ2) is 7.11. The molecule has 0 radical (unpaired) electrons. The third-order valence-electron chi connectivity index (χ3n) is 3.60. The van der Waals surface area contributed by atoms with E-state index in [4.69, 9.17) is 8.92 Å². The van der Waals surface area contributed by atoms with Gasteiger partial charge >= 0.3 is 6.09 Å². The molecule has 0 aliphatic carbocycles. The molecule has 0 spiro atoms. The highest BCUT2D eigenvalue weighted by atomic mass is 32.2. The largest absolute Gasteiger partial charge is 0.444 e. The number of piperidine rings is 1. The first-order valence-electron chi connectivity index (χ1n) is 8.05. The van der Waals surface area contributed by atoms with E-state index >= 15 is 0 Å². The van der Waals surface area contributed by atoms with Crippen LogP contribution in [-0.4, -0.2) is 44.2 Å². The van der Waals surface area contributed by atoms with Crippen LogP contribution in [0.15, 0.2) is 29.2 Å². The second-order valence-corrected chi connectivity index (χ2v) is 8.63. The van der Waals surface area contributed by atoms with Crippen molar-refractivity contribution in [3.63, 3.8) is 0 Å². The maximum Gasteiger partial charge on any atom is 0.410 e. The topological polar surface area (TPSA) is 72.9 Å². The summed E-state index contributed by atoms with van der Waals surface area (Å²) in [6.45, 7) is 8.02. The molecule has 24 heavy (non-hydrogen) atoms. The third kappa shape index (κ3) is 5.21. The van der Waals surface area contributed by atoms with Crippen LogP contribution >= 0.6 is 0 Å². The molecule has 1 aromatic carbocycles. The van der Waals surface area contributed by atoms with Crippen LogP contribution in [0.1, 0.15) is 39.2 Å². The van der Waals surface area contributed by atoms with Crippen molar-refractivity contribution in [2.45, 2.75) is 57.1 Å². The number of ether oxygens (including phenoxy) is 1. The van der Waals surface area contributed by atoms with E-state index in [1.54, 1.807) is 32.9 Å². The van der Waals surface area contributed by atoms with Gasteiger partial charge in [-0.05, 0) is 52.7 Å². The summed E-state index contributed by atoms with van der Waals surface area (Å²) < 4.78 is 35.4. The Balaban J connectivity index is 2.02. The van der Waals surface area contributed by atoms with E-state index in [9.17, 15) is 13.2 Å². The summed E-state index contributed by atoms with van der Waals surface area (Å²) in [6, 6.07) is 6.51. The Morgan fingerprint density at radius 3 is 2.42 bits per heavy atom. The van der Waals surface area contributed by atoms with Gasteiger partial charge in [-0.1, -0.05) is 17.7 Å². The van der Waals surface area contributed by atoms with Crippen molar-refractivity contribution in [3.05, 3.63) is 29.8 Å². The minimum atomic E-state index is -3.84. The Hall–Kier alpha value is -1.60. The molecule has 1 aromatic rings. The van der Waals surface area contributed by atoms with Gasteiger partial charge in [0, 0.05) is 6.54 Å². The summed E-state index contributed by atoms with van der Waals surface area (Å²) in [6.07, 6.45) is 0.263. The number of aryl methyl sites for hydroxylation is 1. The minimum Gasteiger partial charge on any atom is -0.444 e. The molecular weight excluding hydrogens is 330 g/mol. The summed E-state index contributed by atoms with van der Waals surface area (Å²) in [5.41, 5.74) is 0.390. The fourth-order valence-corrected chi connectivity index (χ4v) is 3.54. The van der Waals surface area contributed by atoms with Gasteiger partial charge in [0.15, 0.2) is 0 Å². The molecule has 0 bridgehead atoms. The second-order valence-electron chi connectivity index (χ2n) is 7.05. The molecule has 0 N–H and O–H groups in total. The fraction of sp³-hybridized carbons (Fsp3) is 0.588. The lowest BCUT2D eigenvalue weighted by Gasteiger charge is -2.33. The lowest BCUT2D eigenvalue weighted by atomic mass is 10.1. The number of nitrogens with zero attached hydrogens (tertiary/aromatic N) is 1. The van der Waals surface area contributed by atoms with Crippen molar-refractivity contribution in [1.29, 1.82) is 0 Å². The summed E-state index contributed by atoms with van der Waals surface area (Å²) in [5, 5.41) is 0. The average molecular weight is 355 g/mol. The minimum absolute atomic E-state index is 0.127. The van der Waals surface area contributed by atoms with Crippen LogP contribution in [0.2, 0.25) is 0 Å². The predicted octanol–water partition coefficient (Wildman–Crippen LogP) is 3.10. The van der Waals surface area contributed by atoms with E-state index in [2.05, 4.69) is 0 Å². The number of hydrogen-bond donors (Lipinski definition) is 0. The lowest BCUT2D eigenvalue weighted by molar-refractivity contribution is 0.00840. The highest BCUT2D eigenvalue weighted by Gasteiger charge is 2.31. The van der Waals surface area contributed by atoms with Crippen molar-refractivity contribution >= 4 is 16.2 Å². The van der Waals surface area contributed by atoms with Crippen molar-refractivity contribution < 1.29 is 22.1 Å². The average Bonchev–Trinajstić information content (AvgIpc) is 2.45. The zero-order valence-electron chi connectivity index (χ0n) is 14.6. The Bertz CT molecular complexity index is 676. The van der Waals surface area contributed by atoms with Crippen LogP contribution in [0, 0.1) is 6.92 Å². The molecule has 1 amide bonds. The molecule has 0 saturated carbocycles. The summed E-state index contributed by atoms with van der Waals surface area (Å²) >= 11 is 0. The summed E-state index contributed by atoms with van der Waals surface area (Å²) in [7, 11) is -3.84. The Labute approximate surface area is 143 Å². The van der Waals surface area contributed by atoms with Gasteiger partial charge in [0.05, 0.1) is 17.5 Å². The van der Waals surface area contributed by atoms with Crippen LogP contribution < -0.4 is 0 Å². The first kappa shape index (κ1) is 18.7. The van der Waals surface area contributed by atoms with Crippen LogP contribution in [-0.2, 0) is 19.0 Å². The fourth-order valence-electron chi connectivity index (χ4n) is 2.45.